The standard InChI is InChI=1S/C14H17BrN4/c1-16-13-9-14(18-10-17-13)19(2)8-7-11-3-5-12(15)6-4-11/h3-6,9-10H,7-8H2,1-2H3,(H,16,17,18). The van der Waals surface area contributed by atoms with Gasteiger partial charge >= 0.3 is 0 Å². The van der Waals surface area contributed by atoms with Crippen LogP contribution < -0.4 is 10.2 Å². The molecule has 0 saturated heterocycles. The molecule has 0 atom stereocenters. The third-order valence-electron chi connectivity index (χ3n) is 2.95. The van der Waals surface area contributed by atoms with Crippen LogP contribution in [0.3, 0.4) is 0 Å². The lowest BCUT2D eigenvalue weighted by atomic mass is 10.1. The van der Waals surface area contributed by atoms with Gasteiger partial charge in [-0.25, -0.2) is 9.97 Å². The molecule has 0 amide bonds. The fraction of sp³-hybridized carbons (Fsp3) is 0.286. The Morgan fingerprint density at radius 3 is 2.63 bits per heavy atom. The summed E-state index contributed by atoms with van der Waals surface area (Å²) in [6.45, 7) is 0.918. The molecule has 100 valence electrons. The first-order valence-electron chi connectivity index (χ1n) is 6.14. The van der Waals surface area contributed by atoms with Crippen molar-refractivity contribution in [3.63, 3.8) is 0 Å². The van der Waals surface area contributed by atoms with E-state index in [1.54, 1.807) is 6.33 Å². The fourth-order valence-corrected chi connectivity index (χ4v) is 2.02. The Morgan fingerprint density at radius 1 is 1.21 bits per heavy atom. The van der Waals surface area contributed by atoms with Gasteiger partial charge in [0.05, 0.1) is 0 Å². The van der Waals surface area contributed by atoms with Crippen LogP contribution in [0.5, 0.6) is 0 Å². The Kier molecular flexibility index (Phi) is 4.74. The summed E-state index contributed by atoms with van der Waals surface area (Å²) < 4.78 is 1.11. The molecule has 5 heteroatoms. The highest BCUT2D eigenvalue weighted by atomic mass is 79.9. The predicted molar refractivity (Wildman–Crippen MR) is 82.7 cm³/mol. The predicted octanol–water partition coefficient (Wildman–Crippen LogP) is 2.96. The van der Waals surface area contributed by atoms with Crippen LogP contribution in [-0.4, -0.2) is 30.6 Å². The maximum Gasteiger partial charge on any atom is 0.133 e. The fourth-order valence-electron chi connectivity index (χ4n) is 1.75. The first-order valence-corrected chi connectivity index (χ1v) is 6.93. The van der Waals surface area contributed by atoms with E-state index in [4.69, 9.17) is 0 Å². The lowest BCUT2D eigenvalue weighted by Crippen LogP contribution is -2.21. The van der Waals surface area contributed by atoms with Crippen LogP contribution in [0.2, 0.25) is 0 Å². The second-order valence-corrected chi connectivity index (χ2v) is 5.23. The number of hydrogen-bond acceptors (Lipinski definition) is 4. The van der Waals surface area contributed by atoms with Gasteiger partial charge in [0, 0.05) is 31.2 Å². The van der Waals surface area contributed by atoms with Crippen molar-refractivity contribution >= 4 is 27.6 Å². The highest BCUT2D eigenvalue weighted by molar-refractivity contribution is 9.10. The largest absolute Gasteiger partial charge is 0.373 e. The van der Waals surface area contributed by atoms with Crippen LogP contribution in [-0.2, 0) is 6.42 Å². The van der Waals surface area contributed by atoms with E-state index in [1.807, 2.05) is 20.2 Å². The van der Waals surface area contributed by atoms with Crippen LogP contribution in [0.25, 0.3) is 0 Å². The third-order valence-corrected chi connectivity index (χ3v) is 3.48. The second kappa shape index (κ2) is 6.52. The van der Waals surface area contributed by atoms with Gasteiger partial charge in [-0.3, -0.25) is 0 Å². The number of benzene rings is 1. The van der Waals surface area contributed by atoms with E-state index in [1.165, 1.54) is 5.56 Å². The molecule has 2 rings (SSSR count). The van der Waals surface area contributed by atoms with Gasteiger partial charge < -0.3 is 10.2 Å². The topological polar surface area (TPSA) is 41.0 Å². The van der Waals surface area contributed by atoms with Gasteiger partial charge in [-0.05, 0) is 24.1 Å². The molecule has 0 aliphatic carbocycles. The smallest absolute Gasteiger partial charge is 0.133 e. The molecule has 1 heterocycles. The number of aromatic nitrogens is 2. The van der Waals surface area contributed by atoms with Crippen molar-refractivity contribution in [1.82, 2.24) is 9.97 Å². The van der Waals surface area contributed by atoms with Gasteiger partial charge in [0.2, 0.25) is 0 Å². The van der Waals surface area contributed by atoms with Crippen molar-refractivity contribution in [2.24, 2.45) is 0 Å². The molecule has 2 aromatic rings. The van der Waals surface area contributed by atoms with E-state index >= 15 is 0 Å². The number of nitrogens with one attached hydrogen (secondary N) is 1. The summed E-state index contributed by atoms with van der Waals surface area (Å²) in [6, 6.07) is 10.4. The first kappa shape index (κ1) is 13.8. The molecular formula is C14H17BrN4. The Balaban J connectivity index is 1.96. The summed E-state index contributed by atoms with van der Waals surface area (Å²) in [6.07, 6.45) is 2.57. The van der Waals surface area contributed by atoms with Gasteiger partial charge in [-0.2, -0.15) is 0 Å². The van der Waals surface area contributed by atoms with Crippen molar-refractivity contribution in [1.29, 1.82) is 0 Å². The Bertz CT molecular complexity index is 527. The Labute approximate surface area is 122 Å². The maximum atomic E-state index is 4.28. The first-order chi connectivity index (χ1) is 9.19. The summed E-state index contributed by atoms with van der Waals surface area (Å²) in [5.41, 5.74) is 1.32. The molecule has 1 N–H and O–H groups in total. The van der Waals surface area contributed by atoms with E-state index in [0.29, 0.717) is 0 Å². The lowest BCUT2D eigenvalue weighted by molar-refractivity contribution is 0.856. The number of halogens is 1. The number of hydrogen-bond donors (Lipinski definition) is 1. The maximum absolute atomic E-state index is 4.28. The molecule has 0 saturated carbocycles. The molecule has 0 bridgehead atoms. The average Bonchev–Trinajstić information content (AvgIpc) is 2.46. The zero-order valence-corrected chi connectivity index (χ0v) is 12.7. The monoisotopic (exact) mass is 320 g/mol. The molecule has 0 fully saturated rings. The zero-order valence-electron chi connectivity index (χ0n) is 11.1. The van der Waals surface area contributed by atoms with Gasteiger partial charge in [0.15, 0.2) is 0 Å². The van der Waals surface area contributed by atoms with Gasteiger partial charge in [-0.1, -0.05) is 28.1 Å². The molecule has 0 unspecified atom stereocenters. The molecule has 0 spiro atoms. The van der Waals surface area contributed by atoms with Crippen LogP contribution in [0.1, 0.15) is 5.56 Å². The Morgan fingerprint density at radius 2 is 1.95 bits per heavy atom. The number of anilines is 2. The van der Waals surface area contributed by atoms with Crippen molar-refractivity contribution in [2.75, 3.05) is 30.9 Å². The molecule has 0 aliphatic rings. The van der Waals surface area contributed by atoms with Gasteiger partial charge in [0.25, 0.3) is 0 Å². The summed E-state index contributed by atoms with van der Waals surface area (Å²) >= 11 is 3.44. The molecule has 1 aromatic heterocycles. The average molecular weight is 321 g/mol. The highest BCUT2D eigenvalue weighted by Gasteiger charge is 2.04. The van der Waals surface area contributed by atoms with E-state index in [-0.39, 0.29) is 0 Å². The quantitative estimate of drug-likeness (QED) is 0.919. The Hall–Kier alpha value is -1.62. The summed E-state index contributed by atoms with van der Waals surface area (Å²) in [7, 11) is 3.90. The van der Waals surface area contributed by atoms with Crippen molar-refractivity contribution < 1.29 is 0 Å². The van der Waals surface area contributed by atoms with E-state index in [9.17, 15) is 0 Å². The normalized spacial score (nSPS) is 10.3. The number of nitrogens with zero attached hydrogens (tertiary/aromatic N) is 3. The van der Waals surface area contributed by atoms with Crippen LogP contribution >= 0.6 is 15.9 Å². The minimum atomic E-state index is 0.834. The van der Waals surface area contributed by atoms with Crippen LogP contribution in [0.4, 0.5) is 11.6 Å². The van der Waals surface area contributed by atoms with Crippen LogP contribution in [0.15, 0.2) is 41.1 Å². The number of rotatable bonds is 5. The summed E-state index contributed by atoms with van der Waals surface area (Å²) in [5.74, 6) is 1.76. The SMILES string of the molecule is CNc1cc(N(C)CCc2ccc(Br)cc2)ncn1. The molecule has 4 nitrogen and oxygen atoms in total. The second-order valence-electron chi connectivity index (χ2n) is 4.31. The van der Waals surface area contributed by atoms with Crippen molar-refractivity contribution in [3.8, 4) is 0 Å². The van der Waals surface area contributed by atoms with Crippen molar-refractivity contribution in [3.05, 3.63) is 46.7 Å². The zero-order chi connectivity index (χ0) is 13.7. The molecule has 0 aliphatic heterocycles. The molecular weight excluding hydrogens is 304 g/mol. The van der Waals surface area contributed by atoms with Crippen molar-refractivity contribution in [2.45, 2.75) is 6.42 Å². The lowest BCUT2D eigenvalue weighted by Gasteiger charge is -2.18. The summed E-state index contributed by atoms with van der Waals surface area (Å²) in [4.78, 5) is 10.5. The summed E-state index contributed by atoms with van der Waals surface area (Å²) in [5, 5.41) is 3.02. The van der Waals surface area contributed by atoms with Gasteiger partial charge in [0.1, 0.15) is 18.0 Å². The minimum absolute atomic E-state index is 0.834. The van der Waals surface area contributed by atoms with E-state index in [0.717, 1.165) is 29.1 Å². The molecule has 0 radical (unpaired) electrons. The van der Waals surface area contributed by atoms with E-state index < -0.39 is 0 Å². The van der Waals surface area contributed by atoms with Gasteiger partial charge in [-0.15, -0.1) is 0 Å². The molecule has 1 aromatic carbocycles. The molecule has 19 heavy (non-hydrogen) atoms. The number of likely N-dealkylation sites (N-methyl/N-ethyl adjacent to an activating group) is 1. The highest BCUT2D eigenvalue weighted by Crippen LogP contribution is 2.14. The van der Waals surface area contributed by atoms with Crippen LogP contribution in [0, 0.1) is 0 Å². The minimum Gasteiger partial charge on any atom is -0.373 e. The third kappa shape index (κ3) is 3.92. The van der Waals surface area contributed by atoms with E-state index in [2.05, 4.69) is 60.4 Å².